The third kappa shape index (κ3) is 3.28. The molecule has 0 amide bonds. The lowest BCUT2D eigenvalue weighted by atomic mass is 10.2. The molecule has 6 heteroatoms. The number of ether oxygens (including phenoxy) is 1. The zero-order valence-corrected chi connectivity index (χ0v) is 14.0. The number of carbonyl (C=O) groups excluding carboxylic acids is 1. The van der Waals surface area contributed by atoms with Crippen LogP contribution in [0.25, 0.3) is 11.0 Å². The number of benzene rings is 2. The molecule has 0 fully saturated rings. The van der Waals surface area contributed by atoms with Crippen molar-refractivity contribution in [3.63, 3.8) is 0 Å². The van der Waals surface area contributed by atoms with Gasteiger partial charge in [0.15, 0.2) is 0 Å². The molecule has 0 bridgehead atoms. The summed E-state index contributed by atoms with van der Waals surface area (Å²) in [6.45, 7) is 3.87. The molecule has 0 spiro atoms. The Bertz CT molecular complexity index is 1010. The van der Waals surface area contributed by atoms with E-state index in [9.17, 15) is 14.0 Å². The monoisotopic (exact) mass is 340 g/mol. The second-order valence-electron chi connectivity index (χ2n) is 5.62. The average molecular weight is 340 g/mol. The van der Waals surface area contributed by atoms with E-state index in [1.54, 1.807) is 47.9 Å². The fourth-order valence-corrected chi connectivity index (χ4v) is 2.66. The normalized spacial score (nSPS) is 10.8. The van der Waals surface area contributed by atoms with Crippen molar-refractivity contribution in [3.8, 4) is 0 Å². The summed E-state index contributed by atoms with van der Waals surface area (Å²) >= 11 is 0. The number of esters is 1. The summed E-state index contributed by atoms with van der Waals surface area (Å²) in [5.41, 5.74) is 2.03. The molecule has 1 aromatic heterocycles. The topological polar surface area (TPSA) is 61.2 Å². The fraction of sp³-hybridized carbons (Fsp3) is 0.211. The molecule has 1 heterocycles. The SMILES string of the molecule is CCn1c(=O)c(C)nc2cc(C(=O)OCc3ccccc3F)ccc21. The minimum absolute atomic E-state index is 0.148. The number of aryl methyl sites for hydroxylation is 2. The largest absolute Gasteiger partial charge is 0.457 e. The van der Waals surface area contributed by atoms with Crippen molar-refractivity contribution >= 4 is 17.0 Å². The van der Waals surface area contributed by atoms with Gasteiger partial charge in [-0.15, -0.1) is 0 Å². The Labute approximate surface area is 143 Å². The summed E-state index contributed by atoms with van der Waals surface area (Å²) in [4.78, 5) is 28.6. The highest BCUT2D eigenvalue weighted by Crippen LogP contribution is 2.15. The third-order valence-electron chi connectivity index (χ3n) is 3.98. The van der Waals surface area contributed by atoms with Crippen LogP contribution in [-0.2, 0) is 17.9 Å². The van der Waals surface area contributed by atoms with E-state index in [1.165, 1.54) is 6.07 Å². The Hall–Kier alpha value is -3.02. The molecular formula is C19H17FN2O3. The Morgan fingerprint density at radius 2 is 2.00 bits per heavy atom. The quantitative estimate of drug-likeness (QED) is 0.684. The molecular weight excluding hydrogens is 323 g/mol. The van der Waals surface area contributed by atoms with Crippen LogP contribution >= 0.6 is 0 Å². The average Bonchev–Trinajstić information content (AvgIpc) is 2.61. The molecule has 2 aromatic carbocycles. The lowest BCUT2D eigenvalue weighted by Gasteiger charge is -2.10. The van der Waals surface area contributed by atoms with Gasteiger partial charge >= 0.3 is 5.97 Å². The van der Waals surface area contributed by atoms with Gasteiger partial charge in [-0.25, -0.2) is 14.2 Å². The molecule has 0 aliphatic rings. The smallest absolute Gasteiger partial charge is 0.338 e. The summed E-state index contributed by atoms with van der Waals surface area (Å²) in [6.07, 6.45) is 0. The molecule has 0 unspecified atom stereocenters. The van der Waals surface area contributed by atoms with Crippen molar-refractivity contribution in [2.75, 3.05) is 0 Å². The number of fused-ring (bicyclic) bond motifs is 1. The van der Waals surface area contributed by atoms with Crippen LogP contribution in [0.15, 0.2) is 47.3 Å². The van der Waals surface area contributed by atoms with Gasteiger partial charge < -0.3 is 9.30 Å². The second-order valence-corrected chi connectivity index (χ2v) is 5.62. The minimum atomic E-state index is -0.571. The first-order chi connectivity index (χ1) is 12.0. The Morgan fingerprint density at radius 3 is 2.72 bits per heavy atom. The van der Waals surface area contributed by atoms with Crippen LogP contribution in [0.2, 0.25) is 0 Å². The maximum Gasteiger partial charge on any atom is 0.338 e. The molecule has 5 nitrogen and oxygen atoms in total. The van der Waals surface area contributed by atoms with Crippen LogP contribution in [0.3, 0.4) is 0 Å². The molecule has 0 radical (unpaired) electrons. The van der Waals surface area contributed by atoms with Crippen molar-refractivity contribution in [1.29, 1.82) is 0 Å². The van der Waals surface area contributed by atoms with Crippen molar-refractivity contribution < 1.29 is 13.9 Å². The Balaban J connectivity index is 1.89. The van der Waals surface area contributed by atoms with Crippen molar-refractivity contribution in [1.82, 2.24) is 9.55 Å². The molecule has 3 aromatic rings. The third-order valence-corrected chi connectivity index (χ3v) is 3.98. The predicted molar refractivity (Wildman–Crippen MR) is 91.9 cm³/mol. The first-order valence-corrected chi connectivity index (χ1v) is 7.93. The molecule has 128 valence electrons. The van der Waals surface area contributed by atoms with Gasteiger partial charge in [0, 0.05) is 12.1 Å². The summed E-state index contributed by atoms with van der Waals surface area (Å²) in [6, 6.07) is 11.0. The van der Waals surface area contributed by atoms with Crippen LogP contribution in [0.1, 0.15) is 28.5 Å². The molecule has 0 N–H and O–H groups in total. The zero-order chi connectivity index (χ0) is 18.0. The van der Waals surface area contributed by atoms with E-state index in [4.69, 9.17) is 4.74 Å². The number of hydrogen-bond donors (Lipinski definition) is 0. The van der Waals surface area contributed by atoms with Gasteiger partial charge in [0.1, 0.15) is 18.1 Å². The van der Waals surface area contributed by atoms with E-state index >= 15 is 0 Å². The second kappa shape index (κ2) is 6.84. The van der Waals surface area contributed by atoms with Crippen LogP contribution in [0, 0.1) is 12.7 Å². The van der Waals surface area contributed by atoms with Gasteiger partial charge in [-0.05, 0) is 38.1 Å². The summed E-state index contributed by atoms with van der Waals surface area (Å²) < 4.78 is 20.4. The van der Waals surface area contributed by atoms with Gasteiger partial charge in [0.25, 0.3) is 5.56 Å². The highest BCUT2D eigenvalue weighted by atomic mass is 19.1. The number of rotatable bonds is 4. The van der Waals surface area contributed by atoms with E-state index < -0.39 is 11.8 Å². The standard InChI is InChI=1S/C19H17FN2O3/c1-3-22-17-9-8-13(10-16(17)21-12(2)18(22)23)19(24)25-11-14-6-4-5-7-15(14)20/h4-10H,3,11H2,1-2H3. The van der Waals surface area contributed by atoms with Crippen molar-refractivity contribution in [2.24, 2.45) is 0 Å². The van der Waals surface area contributed by atoms with Crippen LogP contribution in [-0.4, -0.2) is 15.5 Å². The number of nitrogens with zero attached hydrogens (tertiary/aromatic N) is 2. The Morgan fingerprint density at radius 1 is 1.24 bits per heavy atom. The lowest BCUT2D eigenvalue weighted by Crippen LogP contribution is -2.23. The molecule has 0 saturated heterocycles. The van der Waals surface area contributed by atoms with Crippen molar-refractivity contribution in [3.05, 3.63) is 75.5 Å². The van der Waals surface area contributed by atoms with Crippen molar-refractivity contribution in [2.45, 2.75) is 27.0 Å². The summed E-state index contributed by atoms with van der Waals surface area (Å²) in [5.74, 6) is -0.989. The van der Waals surface area contributed by atoms with Gasteiger partial charge in [-0.1, -0.05) is 18.2 Å². The maximum absolute atomic E-state index is 13.6. The van der Waals surface area contributed by atoms with Crippen LogP contribution in [0.5, 0.6) is 0 Å². The maximum atomic E-state index is 13.6. The van der Waals surface area contributed by atoms with Gasteiger partial charge in [0.2, 0.25) is 0 Å². The number of carbonyl (C=O) groups is 1. The molecule has 0 aliphatic carbocycles. The zero-order valence-electron chi connectivity index (χ0n) is 14.0. The predicted octanol–water partition coefficient (Wildman–Crippen LogP) is 3.22. The molecule has 0 aliphatic heterocycles. The highest BCUT2D eigenvalue weighted by Gasteiger charge is 2.13. The van der Waals surface area contributed by atoms with E-state index in [-0.39, 0.29) is 12.2 Å². The highest BCUT2D eigenvalue weighted by molar-refractivity contribution is 5.93. The summed E-state index contributed by atoms with van der Waals surface area (Å²) in [5, 5.41) is 0. The van der Waals surface area contributed by atoms with E-state index in [1.807, 2.05) is 6.92 Å². The van der Waals surface area contributed by atoms with E-state index in [0.717, 1.165) is 0 Å². The lowest BCUT2D eigenvalue weighted by molar-refractivity contribution is 0.0469. The van der Waals surface area contributed by atoms with Crippen LogP contribution in [0.4, 0.5) is 4.39 Å². The number of halogens is 1. The molecule has 0 atom stereocenters. The molecule has 25 heavy (non-hydrogen) atoms. The van der Waals surface area contributed by atoms with Gasteiger partial charge in [0.05, 0.1) is 16.6 Å². The van der Waals surface area contributed by atoms with Gasteiger partial charge in [-0.3, -0.25) is 4.79 Å². The fourth-order valence-electron chi connectivity index (χ4n) is 2.66. The number of hydrogen-bond acceptors (Lipinski definition) is 4. The first-order valence-electron chi connectivity index (χ1n) is 7.93. The van der Waals surface area contributed by atoms with E-state index in [0.29, 0.717) is 34.4 Å². The summed E-state index contributed by atoms with van der Waals surface area (Å²) in [7, 11) is 0. The minimum Gasteiger partial charge on any atom is -0.457 e. The van der Waals surface area contributed by atoms with Crippen LogP contribution < -0.4 is 5.56 Å². The first kappa shape index (κ1) is 16.8. The van der Waals surface area contributed by atoms with E-state index in [2.05, 4.69) is 4.98 Å². The Kier molecular flexibility index (Phi) is 4.61. The molecule has 0 saturated carbocycles. The molecule has 3 rings (SSSR count). The number of aromatic nitrogens is 2. The van der Waals surface area contributed by atoms with Gasteiger partial charge in [-0.2, -0.15) is 0 Å².